The van der Waals surface area contributed by atoms with Gasteiger partial charge in [0.15, 0.2) is 5.96 Å². The number of guanidine groups is 1. The number of hydrogen-bond donors (Lipinski definition) is 1. The number of halogens is 1. The second-order valence-corrected chi connectivity index (χ2v) is 6.69. The lowest BCUT2D eigenvalue weighted by atomic mass is 10.3. The molecule has 0 atom stereocenters. The van der Waals surface area contributed by atoms with Crippen molar-refractivity contribution >= 4 is 41.3 Å². The highest BCUT2D eigenvalue weighted by molar-refractivity contribution is 14.0. The molecule has 7 heteroatoms. The van der Waals surface area contributed by atoms with Gasteiger partial charge in [-0.3, -0.25) is 4.99 Å². The van der Waals surface area contributed by atoms with E-state index in [1.807, 2.05) is 14.1 Å². The lowest BCUT2D eigenvalue weighted by molar-refractivity contribution is 0.115. The Morgan fingerprint density at radius 3 is 2.91 bits per heavy atom. The zero-order chi connectivity index (χ0) is 15.8. The quantitative estimate of drug-likeness (QED) is 0.271. The number of aliphatic imine (C=N–C) groups is 1. The highest BCUT2D eigenvalue weighted by atomic mass is 127. The fourth-order valence-electron chi connectivity index (χ4n) is 2.16. The molecule has 132 valence electrons. The van der Waals surface area contributed by atoms with Gasteiger partial charge in [0.05, 0.1) is 17.3 Å². The zero-order valence-corrected chi connectivity index (χ0v) is 17.5. The molecule has 0 unspecified atom stereocenters. The summed E-state index contributed by atoms with van der Waals surface area (Å²) >= 11 is 1.75. The summed E-state index contributed by atoms with van der Waals surface area (Å²) in [5.41, 5.74) is 1.17. The fraction of sp³-hybridized carbons (Fsp3) is 0.750. The van der Waals surface area contributed by atoms with Gasteiger partial charge in [-0.1, -0.05) is 6.92 Å². The molecule has 1 aromatic rings. The minimum absolute atomic E-state index is 0. The van der Waals surface area contributed by atoms with Crippen LogP contribution in [0.25, 0.3) is 0 Å². The van der Waals surface area contributed by atoms with E-state index in [1.165, 1.54) is 23.5 Å². The Morgan fingerprint density at radius 1 is 1.52 bits per heavy atom. The van der Waals surface area contributed by atoms with Crippen molar-refractivity contribution < 1.29 is 4.74 Å². The molecule has 0 spiro atoms. The summed E-state index contributed by atoms with van der Waals surface area (Å²) in [5.74, 6) is 1.75. The number of thiazole rings is 1. The molecule has 0 radical (unpaired) electrons. The third-order valence-electron chi connectivity index (χ3n) is 3.76. The summed E-state index contributed by atoms with van der Waals surface area (Å²) in [6.45, 7) is 5.54. The summed E-state index contributed by atoms with van der Waals surface area (Å²) in [6, 6.07) is 0. The van der Waals surface area contributed by atoms with E-state index in [-0.39, 0.29) is 24.0 Å². The average molecular weight is 452 g/mol. The van der Waals surface area contributed by atoms with E-state index >= 15 is 0 Å². The minimum Gasteiger partial charge on any atom is -0.379 e. The first-order valence-corrected chi connectivity index (χ1v) is 9.03. The van der Waals surface area contributed by atoms with E-state index in [4.69, 9.17) is 4.74 Å². The standard InChI is InChI=1S/C16H28N4OS.HI/c1-4-15-19-14(12-22-15)7-8-18-16(17-2)20(3)9-10-21-11-13-5-6-13;/h12-13H,4-11H2,1-3H3,(H,17,18);1H. The van der Waals surface area contributed by atoms with Crippen molar-refractivity contribution in [2.75, 3.05) is 40.4 Å². The first kappa shape index (κ1) is 20.6. The summed E-state index contributed by atoms with van der Waals surface area (Å²) in [6.07, 6.45) is 4.63. The Labute approximate surface area is 160 Å². The second kappa shape index (κ2) is 11.2. The Hall–Kier alpha value is -0.410. The lowest BCUT2D eigenvalue weighted by Gasteiger charge is -2.21. The molecule has 1 N–H and O–H groups in total. The number of aryl methyl sites for hydroxylation is 1. The van der Waals surface area contributed by atoms with Gasteiger partial charge in [-0.25, -0.2) is 4.98 Å². The first-order chi connectivity index (χ1) is 10.7. The van der Waals surface area contributed by atoms with Crippen LogP contribution in [0.1, 0.15) is 30.5 Å². The number of ether oxygens (including phenoxy) is 1. The van der Waals surface area contributed by atoms with Crippen molar-refractivity contribution in [2.45, 2.75) is 32.6 Å². The number of nitrogens with zero attached hydrogens (tertiary/aromatic N) is 3. The molecule has 1 aromatic heterocycles. The second-order valence-electron chi connectivity index (χ2n) is 5.75. The number of rotatable bonds is 9. The van der Waals surface area contributed by atoms with E-state index in [0.29, 0.717) is 0 Å². The molecule has 1 aliphatic rings. The predicted molar refractivity (Wildman–Crippen MR) is 108 cm³/mol. The van der Waals surface area contributed by atoms with E-state index in [9.17, 15) is 0 Å². The van der Waals surface area contributed by atoms with Crippen molar-refractivity contribution in [2.24, 2.45) is 10.9 Å². The maximum atomic E-state index is 5.68. The van der Waals surface area contributed by atoms with Crippen LogP contribution in [0.3, 0.4) is 0 Å². The van der Waals surface area contributed by atoms with E-state index in [1.54, 1.807) is 11.3 Å². The zero-order valence-electron chi connectivity index (χ0n) is 14.4. The molecule has 0 aromatic carbocycles. The van der Waals surface area contributed by atoms with Gasteiger partial charge in [-0.15, -0.1) is 35.3 Å². The van der Waals surface area contributed by atoms with Crippen molar-refractivity contribution in [1.82, 2.24) is 15.2 Å². The van der Waals surface area contributed by atoms with Crippen LogP contribution < -0.4 is 5.32 Å². The first-order valence-electron chi connectivity index (χ1n) is 8.15. The summed E-state index contributed by atoms with van der Waals surface area (Å²) < 4.78 is 5.68. The number of likely N-dealkylation sites (N-methyl/N-ethyl adjacent to an activating group) is 1. The number of nitrogens with one attached hydrogen (secondary N) is 1. The van der Waals surface area contributed by atoms with Crippen molar-refractivity contribution in [3.63, 3.8) is 0 Å². The molecule has 1 heterocycles. The highest BCUT2D eigenvalue weighted by Gasteiger charge is 2.21. The van der Waals surface area contributed by atoms with Crippen LogP contribution in [0.4, 0.5) is 0 Å². The molecule has 2 rings (SSSR count). The average Bonchev–Trinajstić information content (AvgIpc) is 3.24. The molecule has 1 aliphatic carbocycles. The van der Waals surface area contributed by atoms with Gasteiger partial charge in [0, 0.05) is 45.6 Å². The molecule has 1 fully saturated rings. The predicted octanol–water partition coefficient (Wildman–Crippen LogP) is 2.80. The van der Waals surface area contributed by atoms with Gasteiger partial charge in [-0.2, -0.15) is 0 Å². The molecule has 0 aliphatic heterocycles. The normalized spacial score (nSPS) is 14.5. The van der Waals surface area contributed by atoms with E-state index < -0.39 is 0 Å². The maximum absolute atomic E-state index is 5.68. The largest absolute Gasteiger partial charge is 0.379 e. The Kier molecular flexibility index (Phi) is 10.0. The third kappa shape index (κ3) is 7.80. The fourth-order valence-corrected chi connectivity index (χ4v) is 2.93. The summed E-state index contributed by atoms with van der Waals surface area (Å²) in [4.78, 5) is 11.0. The lowest BCUT2D eigenvalue weighted by Crippen LogP contribution is -2.41. The van der Waals surface area contributed by atoms with Gasteiger partial charge in [0.2, 0.25) is 0 Å². The topological polar surface area (TPSA) is 49.8 Å². The smallest absolute Gasteiger partial charge is 0.193 e. The van der Waals surface area contributed by atoms with Crippen LogP contribution in [0, 0.1) is 5.92 Å². The van der Waals surface area contributed by atoms with Crippen molar-refractivity contribution in [1.29, 1.82) is 0 Å². The van der Waals surface area contributed by atoms with Gasteiger partial charge in [0.1, 0.15) is 0 Å². The third-order valence-corrected chi connectivity index (χ3v) is 4.80. The molecular weight excluding hydrogens is 423 g/mol. The van der Waals surface area contributed by atoms with Crippen molar-refractivity contribution in [3.05, 3.63) is 16.1 Å². The Balaban J connectivity index is 0.00000264. The summed E-state index contributed by atoms with van der Waals surface area (Å²) in [5, 5.41) is 6.76. The van der Waals surface area contributed by atoms with Crippen LogP contribution in [0.15, 0.2) is 10.4 Å². The van der Waals surface area contributed by atoms with Gasteiger partial charge >= 0.3 is 0 Å². The van der Waals surface area contributed by atoms with E-state index in [0.717, 1.165) is 51.0 Å². The van der Waals surface area contributed by atoms with Crippen LogP contribution >= 0.6 is 35.3 Å². The minimum atomic E-state index is 0. The molecule has 0 amide bonds. The monoisotopic (exact) mass is 452 g/mol. The van der Waals surface area contributed by atoms with Gasteiger partial charge in [-0.05, 0) is 25.2 Å². The van der Waals surface area contributed by atoms with Crippen molar-refractivity contribution in [3.8, 4) is 0 Å². The molecular formula is C16H29IN4OS. The maximum Gasteiger partial charge on any atom is 0.193 e. The van der Waals surface area contributed by atoms with Gasteiger partial charge in [0.25, 0.3) is 0 Å². The molecule has 1 saturated carbocycles. The van der Waals surface area contributed by atoms with Gasteiger partial charge < -0.3 is 15.0 Å². The SMILES string of the molecule is CCc1nc(CCNC(=NC)N(C)CCOCC2CC2)cs1.I. The molecule has 0 saturated heterocycles. The molecule has 23 heavy (non-hydrogen) atoms. The van der Waals surface area contributed by atoms with E-state index in [2.05, 4.69) is 32.5 Å². The Morgan fingerprint density at radius 2 is 2.30 bits per heavy atom. The Bertz CT molecular complexity index is 476. The van der Waals surface area contributed by atoms with Crippen LogP contribution in [0.5, 0.6) is 0 Å². The summed E-state index contributed by atoms with van der Waals surface area (Å²) in [7, 11) is 3.87. The van der Waals surface area contributed by atoms with Crippen LogP contribution in [-0.4, -0.2) is 56.2 Å². The number of aromatic nitrogens is 1. The number of hydrogen-bond acceptors (Lipinski definition) is 4. The highest BCUT2D eigenvalue weighted by Crippen LogP contribution is 2.28. The van der Waals surface area contributed by atoms with Crippen LogP contribution in [0.2, 0.25) is 0 Å². The molecule has 5 nitrogen and oxygen atoms in total. The van der Waals surface area contributed by atoms with Crippen LogP contribution in [-0.2, 0) is 17.6 Å². The molecule has 0 bridgehead atoms.